The predicted octanol–water partition coefficient (Wildman–Crippen LogP) is 3.51. The van der Waals surface area contributed by atoms with Crippen LogP contribution in [0.4, 0.5) is 0 Å². The summed E-state index contributed by atoms with van der Waals surface area (Å²) in [6, 6.07) is 5.26. The van der Waals surface area contributed by atoms with E-state index in [-0.39, 0.29) is 25.0 Å². The first-order valence-electron chi connectivity index (χ1n) is 10.6. The molecule has 170 valence electrons. The fourth-order valence-electron chi connectivity index (χ4n) is 3.93. The average Bonchev–Trinajstić information content (AvgIpc) is 3.51. The maximum Gasteiger partial charge on any atom is 0.338 e. The van der Waals surface area contributed by atoms with E-state index in [0.29, 0.717) is 27.9 Å². The summed E-state index contributed by atoms with van der Waals surface area (Å²) in [6.45, 7) is 3.82. The van der Waals surface area contributed by atoms with Crippen LogP contribution in [0.5, 0.6) is 11.5 Å². The van der Waals surface area contributed by atoms with Gasteiger partial charge >= 0.3 is 5.97 Å². The Morgan fingerprint density at radius 2 is 2.03 bits per heavy atom. The summed E-state index contributed by atoms with van der Waals surface area (Å²) in [5.74, 6) is 0.593. The van der Waals surface area contributed by atoms with Crippen LogP contribution in [-0.2, 0) is 14.3 Å². The number of rotatable bonds is 8. The van der Waals surface area contributed by atoms with Crippen molar-refractivity contribution >= 4 is 28.8 Å². The molecule has 3 aliphatic rings. The van der Waals surface area contributed by atoms with Crippen molar-refractivity contribution in [3.63, 3.8) is 0 Å². The van der Waals surface area contributed by atoms with E-state index in [1.165, 1.54) is 11.8 Å². The number of fused-ring (bicyclic) bond motifs is 1. The molecule has 9 heteroatoms. The first kappa shape index (κ1) is 22.3. The standard InChI is InChI=1S/C23H27N3O5S/c1-5-31-22(28)19-13(2)24-23-26(15(12-32-23)11-18(27)25-14-9-10-14)20(19)16-7-6-8-17(29-3)21(16)30-4/h6-8,12,14,20H,5,9-11H2,1-4H3,(H,25,27). The van der Waals surface area contributed by atoms with Gasteiger partial charge in [-0.2, -0.15) is 0 Å². The number of nitrogens with zero attached hydrogens (tertiary/aromatic N) is 2. The molecular weight excluding hydrogens is 430 g/mol. The Bertz CT molecular complexity index is 1030. The first-order valence-corrected chi connectivity index (χ1v) is 11.5. The molecule has 2 aliphatic heterocycles. The van der Waals surface area contributed by atoms with Gasteiger partial charge in [-0.05, 0) is 38.2 Å². The Balaban J connectivity index is 1.79. The Kier molecular flexibility index (Phi) is 6.45. The number of amidine groups is 1. The number of esters is 1. The molecule has 0 bridgehead atoms. The quantitative estimate of drug-likeness (QED) is 0.598. The van der Waals surface area contributed by atoms with Crippen molar-refractivity contribution in [2.45, 2.75) is 45.2 Å². The molecule has 1 fully saturated rings. The van der Waals surface area contributed by atoms with Gasteiger partial charge in [0, 0.05) is 17.3 Å². The van der Waals surface area contributed by atoms with Gasteiger partial charge in [0.05, 0.1) is 44.6 Å². The Hall–Kier alpha value is -2.94. The van der Waals surface area contributed by atoms with Crippen LogP contribution in [-0.4, -0.2) is 48.8 Å². The van der Waals surface area contributed by atoms with Crippen LogP contribution in [0.3, 0.4) is 0 Å². The second-order valence-electron chi connectivity index (χ2n) is 7.71. The highest BCUT2D eigenvalue weighted by Gasteiger charge is 2.43. The molecule has 1 amide bonds. The molecule has 4 rings (SSSR count). The van der Waals surface area contributed by atoms with Crippen LogP contribution in [0.15, 0.2) is 45.6 Å². The van der Waals surface area contributed by atoms with Gasteiger partial charge < -0.3 is 24.4 Å². The highest BCUT2D eigenvalue weighted by atomic mass is 32.2. The van der Waals surface area contributed by atoms with E-state index in [9.17, 15) is 9.59 Å². The number of hydrogen-bond acceptors (Lipinski definition) is 8. The molecule has 1 aromatic rings. The molecule has 0 saturated heterocycles. The SMILES string of the molecule is CCOC(=O)C1=C(C)N=C2SC=C(CC(=O)NC3CC3)N2C1c1cccc(OC)c1OC. The zero-order chi connectivity index (χ0) is 22.8. The van der Waals surface area contributed by atoms with Crippen molar-refractivity contribution in [3.8, 4) is 11.5 Å². The van der Waals surface area contributed by atoms with Gasteiger partial charge in [0.2, 0.25) is 5.91 Å². The van der Waals surface area contributed by atoms with Crippen molar-refractivity contribution in [3.05, 3.63) is 46.1 Å². The van der Waals surface area contributed by atoms with Crippen LogP contribution in [0.2, 0.25) is 0 Å². The summed E-state index contributed by atoms with van der Waals surface area (Å²) in [5.41, 5.74) is 2.50. The van der Waals surface area contributed by atoms with E-state index < -0.39 is 12.0 Å². The largest absolute Gasteiger partial charge is 0.493 e. The van der Waals surface area contributed by atoms with Gasteiger partial charge in [-0.3, -0.25) is 4.79 Å². The molecule has 8 nitrogen and oxygen atoms in total. The lowest BCUT2D eigenvalue weighted by Crippen LogP contribution is -2.38. The molecule has 1 aromatic carbocycles. The maximum atomic E-state index is 13.1. The fraction of sp³-hybridized carbons (Fsp3) is 0.435. The molecule has 1 saturated carbocycles. The molecule has 1 aliphatic carbocycles. The number of allylic oxidation sites excluding steroid dienone is 1. The molecule has 1 N–H and O–H groups in total. The number of benzene rings is 1. The highest BCUT2D eigenvalue weighted by molar-refractivity contribution is 8.16. The number of thioether (sulfide) groups is 1. The van der Waals surface area contributed by atoms with E-state index in [4.69, 9.17) is 14.2 Å². The third-order valence-corrected chi connectivity index (χ3v) is 6.40. The van der Waals surface area contributed by atoms with Gasteiger partial charge in [-0.25, -0.2) is 9.79 Å². The topological polar surface area (TPSA) is 89.5 Å². The highest BCUT2D eigenvalue weighted by Crippen LogP contribution is 2.48. The van der Waals surface area contributed by atoms with Gasteiger partial charge in [-0.15, -0.1) is 0 Å². The number of ether oxygens (including phenoxy) is 3. The van der Waals surface area contributed by atoms with Gasteiger partial charge in [0.1, 0.15) is 0 Å². The van der Waals surface area contributed by atoms with Gasteiger partial charge in [0.25, 0.3) is 0 Å². The Morgan fingerprint density at radius 1 is 1.25 bits per heavy atom. The van der Waals surface area contributed by atoms with Crippen LogP contribution < -0.4 is 14.8 Å². The zero-order valence-electron chi connectivity index (χ0n) is 18.6. The van der Waals surface area contributed by atoms with Crippen molar-refractivity contribution < 1.29 is 23.8 Å². The van der Waals surface area contributed by atoms with Crippen LogP contribution in [0, 0.1) is 0 Å². The predicted molar refractivity (Wildman–Crippen MR) is 122 cm³/mol. The van der Waals surface area contributed by atoms with Crippen molar-refractivity contribution in [1.82, 2.24) is 10.2 Å². The van der Waals surface area contributed by atoms with Crippen molar-refractivity contribution in [2.75, 3.05) is 20.8 Å². The first-order chi connectivity index (χ1) is 15.5. The summed E-state index contributed by atoms with van der Waals surface area (Å²) < 4.78 is 16.6. The minimum Gasteiger partial charge on any atom is -0.493 e. The summed E-state index contributed by atoms with van der Waals surface area (Å²) in [4.78, 5) is 32.3. The molecule has 1 atom stereocenters. The summed E-state index contributed by atoms with van der Waals surface area (Å²) in [5, 5.41) is 5.66. The minimum atomic E-state index is -0.568. The Labute approximate surface area is 191 Å². The zero-order valence-corrected chi connectivity index (χ0v) is 19.5. The molecular formula is C23H27N3O5S. The molecule has 2 heterocycles. The maximum absolute atomic E-state index is 13.1. The number of carbonyl (C=O) groups excluding carboxylic acids is 2. The lowest BCUT2D eigenvalue weighted by molar-refractivity contribution is -0.139. The summed E-state index contributed by atoms with van der Waals surface area (Å²) >= 11 is 1.44. The molecule has 1 unspecified atom stereocenters. The monoisotopic (exact) mass is 457 g/mol. The third-order valence-electron chi connectivity index (χ3n) is 5.51. The average molecular weight is 458 g/mol. The molecule has 0 radical (unpaired) electrons. The lowest BCUT2D eigenvalue weighted by atomic mass is 9.92. The normalized spacial score (nSPS) is 19.8. The number of methoxy groups -OCH3 is 2. The number of para-hydroxylation sites is 1. The van der Waals surface area contributed by atoms with Crippen molar-refractivity contribution in [2.24, 2.45) is 4.99 Å². The third kappa shape index (κ3) is 4.21. The second-order valence-corrected chi connectivity index (χ2v) is 8.55. The smallest absolute Gasteiger partial charge is 0.338 e. The van der Waals surface area contributed by atoms with Gasteiger partial charge in [0.15, 0.2) is 16.7 Å². The van der Waals surface area contributed by atoms with E-state index in [0.717, 1.165) is 24.1 Å². The molecule has 32 heavy (non-hydrogen) atoms. The summed E-state index contributed by atoms with van der Waals surface area (Å²) in [6.07, 6.45) is 2.24. The van der Waals surface area contributed by atoms with E-state index >= 15 is 0 Å². The van der Waals surface area contributed by atoms with E-state index in [1.54, 1.807) is 34.1 Å². The number of carbonyl (C=O) groups is 2. The molecule has 0 spiro atoms. The lowest BCUT2D eigenvalue weighted by Gasteiger charge is -2.37. The van der Waals surface area contributed by atoms with Crippen molar-refractivity contribution in [1.29, 1.82) is 0 Å². The van der Waals surface area contributed by atoms with Crippen LogP contribution in [0.1, 0.15) is 44.7 Å². The number of aliphatic imine (C=N–C) groups is 1. The number of amides is 1. The summed E-state index contributed by atoms with van der Waals surface area (Å²) in [7, 11) is 3.14. The Morgan fingerprint density at radius 3 is 2.69 bits per heavy atom. The number of nitrogens with one attached hydrogen (secondary N) is 1. The van der Waals surface area contributed by atoms with Crippen LogP contribution >= 0.6 is 11.8 Å². The minimum absolute atomic E-state index is 0.0408. The van der Waals surface area contributed by atoms with E-state index in [2.05, 4.69) is 10.3 Å². The van der Waals surface area contributed by atoms with Gasteiger partial charge in [-0.1, -0.05) is 23.9 Å². The van der Waals surface area contributed by atoms with Crippen LogP contribution in [0.25, 0.3) is 0 Å². The van der Waals surface area contributed by atoms with E-state index in [1.807, 2.05) is 22.4 Å². The second kappa shape index (κ2) is 9.28. The fourth-order valence-corrected chi connectivity index (χ4v) is 4.90. The molecule has 0 aromatic heterocycles. The number of hydrogen-bond donors (Lipinski definition) is 1.